The molecule has 1 aromatic heterocycles. The topological polar surface area (TPSA) is 97.1 Å². The second-order valence-electron chi connectivity index (χ2n) is 7.20. The quantitative estimate of drug-likeness (QED) is 0.710. The molecule has 0 atom stereocenters. The van der Waals surface area contributed by atoms with Gasteiger partial charge in [0, 0.05) is 22.9 Å². The van der Waals surface area contributed by atoms with Crippen LogP contribution in [0.2, 0.25) is 0 Å². The van der Waals surface area contributed by atoms with Crippen molar-refractivity contribution in [3.8, 4) is 0 Å². The van der Waals surface area contributed by atoms with Crippen LogP contribution in [0.3, 0.4) is 0 Å². The largest absolute Gasteiger partial charge is 0.353 e. The van der Waals surface area contributed by atoms with Gasteiger partial charge in [-0.25, -0.2) is 4.98 Å². The van der Waals surface area contributed by atoms with Crippen molar-refractivity contribution < 1.29 is 9.59 Å². The van der Waals surface area contributed by atoms with Gasteiger partial charge in [-0.1, -0.05) is 20.8 Å². The summed E-state index contributed by atoms with van der Waals surface area (Å²) in [4.78, 5) is 28.3. The number of aromatic nitrogens is 1. The molecule has 1 fully saturated rings. The van der Waals surface area contributed by atoms with Gasteiger partial charge in [0.25, 0.3) is 0 Å². The predicted molar refractivity (Wildman–Crippen MR) is 107 cm³/mol. The number of carbonyl (C=O) groups is 2. The number of halogens is 2. The number of amides is 2. The summed E-state index contributed by atoms with van der Waals surface area (Å²) >= 11 is 1.34. The number of nitrogens with one attached hydrogen (secondary N) is 2. The van der Waals surface area contributed by atoms with Gasteiger partial charge in [-0.2, -0.15) is 0 Å². The van der Waals surface area contributed by atoms with Crippen molar-refractivity contribution in [2.24, 2.45) is 11.1 Å². The van der Waals surface area contributed by atoms with Crippen molar-refractivity contribution in [1.82, 2.24) is 10.3 Å². The first kappa shape index (κ1) is 24.1. The molecule has 1 aliphatic rings. The molecule has 0 aliphatic heterocycles. The zero-order chi connectivity index (χ0) is 17.0. The number of thiazole rings is 1. The van der Waals surface area contributed by atoms with Crippen LogP contribution in [0, 0.1) is 5.41 Å². The molecular weight excluding hydrogens is 383 g/mol. The highest BCUT2D eigenvalue weighted by atomic mass is 35.5. The summed E-state index contributed by atoms with van der Waals surface area (Å²) in [5.74, 6) is -0.106. The van der Waals surface area contributed by atoms with Crippen LogP contribution in [-0.4, -0.2) is 28.9 Å². The van der Waals surface area contributed by atoms with Crippen molar-refractivity contribution in [3.63, 3.8) is 0 Å². The van der Waals surface area contributed by atoms with E-state index in [0.29, 0.717) is 10.8 Å². The lowest BCUT2D eigenvalue weighted by Crippen LogP contribution is -2.41. The van der Waals surface area contributed by atoms with Gasteiger partial charge in [0.1, 0.15) is 0 Å². The Bertz CT molecular complexity index is 567. The van der Waals surface area contributed by atoms with Crippen molar-refractivity contribution in [3.05, 3.63) is 11.1 Å². The van der Waals surface area contributed by atoms with E-state index in [4.69, 9.17) is 5.73 Å². The number of hydrogen-bond acceptors (Lipinski definition) is 5. The van der Waals surface area contributed by atoms with Gasteiger partial charge in [0.15, 0.2) is 5.13 Å². The van der Waals surface area contributed by atoms with Crippen molar-refractivity contribution >= 4 is 53.1 Å². The molecule has 25 heavy (non-hydrogen) atoms. The van der Waals surface area contributed by atoms with Gasteiger partial charge in [-0.05, 0) is 25.7 Å². The van der Waals surface area contributed by atoms with E-state index in [1.807, 2.05) is 26.2 Å². The summed E-state index contributed by atoms with van der Waals surface area (Å²) in [5.41, 5.74) is 6.09. The number of rotatable bonds is 4. The number of carbonyl (C=O) groups excluding carboxylic acids is 2. The van der Waals surface area contributed by atoms with E-state index in [0.717, 1.165) is 25.7 Å². The normalized spacial score (nSPS) is 20.0. The van der Waals surface area contributed by atoms with Crippen LogP contribution in [0.5, 0.6) is 0 Å². The van der Waals surface area contributed by atoms with Crippen LogP contribution in [0.1, 0.15) is 52.1 Å². The highest BCUT2D eigenvalue weighted by Gasteiger charge is 2.23. The minimum atomic E-state index is -0.467. The van der Waals surface area contributed by atoms with Crippen LogP contribution in [0.4, 0.5) is 5.13 Å². The van der Waals surface area contributed by atoms with E-state index >= 15 is 0 Å². The SMILES string of the molecule is CC(C)(C)C(=O)Nc1nc(CC(=O)NC2CCC(N)CC2)cs1.Cl.Cl. The number of hydrogen-bond donors (Lipinski definition) is 3. The lowest BCUT2D eigenvalue weighted by Gasteiger charge is -2.26. The van der Waals surface area contributed by atoms with E-state index in [1.165, 1.54) is 11.3 Å². The second-order valence-corrected chi connectivity index (χ2v) is 8.06. The van der Waals surface area contributed by atoms with Crippen LogP contribution < -0.4 is 16.4 Å². The Kier molecular flexibility index (Phi) is 9.94. The molecule has 1 saturated carbocycles. The van der Waals surface area contributed by atoms with Gasteiger partial charge in [0.05, 0.1) is 12.1 Å². The Morgan fingerprint density at radius 2 is 1.84 bits per heavy atom. The van der Waals surface area contributed by atoms with Gasteiger partial charge in [0.2, 0.25) is 11.8 Å². The minimum Gasteiger partial charge on any atom is -0.353 e. The Morgan fingerprint density at radius 1 is 1.24 bits per heavy atom. The van der Waals surface area contributed by atoms with Crippen LogP contribution in [0.25, 0.3) is 0 Å². The molecule has 0 saturated heterocycles. The minimum absolute atomic E-state index is 0. The first-order valence-electron chi connectivity index (χ1n) is 8.05. The zero-order valence-corrected chi connectivity index (χ0v) is 17.3. The second kappa shape index (κ2) is 10.3. The van der Waals surface area contributed by atoms with Crippen LogP contribution in [0.15, 0.2) is 5.38 Å². The fourth-order valence-electron chi connectivity index (χ4n) is 2.44. The average molecular weight is 411 g/mol. The molecular formula is C16H28Cl2N4O2S. The van der Waals surface area contributed by atoms with E-state index in [2.05, 4.69) is 15.6 Å². The average Bonchev–Trinajstić information content (AvgIpc) is 2.87. The molecule has 1 aromatic rings. The molecule has 1 aliphatic carbocycles. The van der Waals surface area contributed by atoms with E-state index in [1.54, 1.807) is 0 Å². The molecule has 0 bridgehead atoms. The third kappa shape index (κ3) is 7.90. The molecule has 2 rings (SSSR count). The molecule has 2 amide bonds. The maximum Gasteiger partial charge on any atom is 0.231 e. The van der Waals surface area contributed by atoms with Gasteiger partial charge >= 0.3 is 0 Å². The lowest BCUT2D eigenvalue weighted by molar-refractivity contribution is -0.123. The standard InChI is InChI=1S/C16H26N4O2S.2ClH/c1-16(2,3)14(22)20-15-19-12(9-23-15)8-13(21)18-11-6-4-10(17)5-7-11;;/h9-11H,4-8,17H2,1-3H3,(H,18,21)(H,19,20,22);2*1H. The Labute approximate surface area is 165 Å². The highest BCUT2D eigenvalue weighted by molar-refractivity contribution is 7.13. The summed E-state index contributed by atoms with van der Waals surface area (Å²) in [6.07, 6.45) is 4.05. The molecule has 0 spiro atoms. The molecule has 144 valence electrons. The smallest absolute Gasteiger partial charge is 0.231 e. The third-order valence-electron chi connectivity index (χ3n) is 3.93. The fourth-order valence-corrected chi connectivity index (χ4v) is 3.14. The van der Waals surface area contributed by atoms with E-state index in [9.17, 15) is 9.59 Å². The van der Waals surface area contributed by atoms with E-state index in [-0.39, 0.29) is 55.1 Å². The number of nitrogens with zero attached hydrogens (tertiary/aromatic N) is 1. The Morgan fingerprint density at radius 3 is 2.40 bits per heavy atom. The number of anilines is 1. The maximum absolute atomic E-state index is 12.1. The first-order valence-corrected chi connectivity index (χ1v) is 8.93. The zero-order valence-electron chi connectivity index (χ0n) is 14.8. The third-order valence-corrected chi connectivity index (χ3v) is 4.74. The monoisotopic (exact) mass is 410 g/mol. The van der Waals surface area contributed by atoms with Crippen molar-refractivity contribution in [2.75, 3.05) is 5.32 Å². The maximum atomic E-state index is 12.1. The highest BCUT2D eigenvalue weighted by Crippen LogP contribution is 2.21. The van der Waals surface area contributed by atoms with Crippen molar-refractivity contribution in [2.45, 2.75) is 65.0 Å². The lowest BCUT2D eigenvalue weighted by atomic mass is 9.92. The molecule has 0 unspecified atom stereocenters. The van der Waals surface area contributed by atoms with Crippen molar-refractivity contribution in [1.29, 1.82) is 0 Å². The first-order chi connectivity index (χ1) is 10.7. The van der Waals surface area contributed by atoms with Gasteiger partial charge in [-0.3, -0.25) is 9.59 Å². The molecule has 4 N–H and O–H groups in total. The predicted octanol–water partition coefficient (Wildman–Crippen LogP) is 2.90. The van der Waals surface area contributed by atoms with Crippen LogP contribution in [-0.2, 0) is 16.0 Å². The summed E-state index contributed by atoms with van der Waals surface area (Å²) in [6, 6.07) is 0.497. The molecule has 6 nitrogen and oxygen atoms in total. The van der Waals surface area contributed by atoms with E-state index < -0.39 is 5.41 Å². The molecule has 1 heterocycles. The Hall–Kier alpha value is -0.890. The Balaban J connectivity index is 0.00000288. The summed E-state index contributed by atoms with van der Waals surface area (Å²) in [7, 11) is 0. The summed E-state index contributed by atoms with van der Waals surface area (Å²) in [6.45, 7) is 5.54. The molecule has 9 heteroatoms. The fraction of sp³-hybridized carbons (Fsp3) is 0.688. The van der Waals surface area contributed by atoms with Gasteiger partial charge < -0.3 is 16.4 Å². The van der Waals surface area contributed by atoms with Crippen LogP contribution >= 0.6 is 36.2 Å². The number of nitrogens with two attached hydrogens (primary N) is 1. The molecule has 0 aromatic carbocycles. The summed E-state index contributed by atoms with van der Waals surface area (Å²) < 4.78 is 0. The molecule has 0 radical (unpaired) electrons. The summed E-state index contributed by atoms with van der Waals surface area (Å²) in [5, 5.41) is 8.18. The van der Waals surface area contributed by atoms with Gasteiger partial charge in [-0.15, -0.1) is 36.2 Å².